The molecule has 0 radical (unpaired) electrons. The Bertz CT molecular complexity index is 623. The number of aromatic amines is 1. The number of piperidine rings is 1. The first-order valence-electron chi connectivity index (χ1n) is 7.64. The molecule has 2 saturated heterocycles. The van der Waals surface area contributed by atoms with Crippen molar-refractivity contribution in [1.29, 1.82) is 0 Å². The van der Waals surface area contributed by atoms with Crippen LogP contribution in [0.4, 0.5) is 5.95 Å². The van der Waals surface area contributed by atoms with Crippen molar-refractivity contribution in [2.24, 2.45) is 5.92 Å². The minimum atomic E-state index is 0.595. The van der Waals surface area contributed by atoms with Gasteiger partial charge in [0.15, 0.2) is 5.82 Å². The molecule has 21 heavy (non-hydrogen) atoms. The molecule has 6 heteroatoms. The van der Waals surface area contributed by atoms with Gasteiger partial charge in [-0.05, 0) is 44.4 Å². The topological polar surface area (TPSA) is 69.7 Å². The van der Waals surface area contributed by atoms with Crippen molar-refractivity contribution in [1.82, 2.24) is 25.5 Å². The van der Waals surface area contributed by atoms with Gasteiger partial charge in [-0.15, -0.1) is 5.10 Å². The number of anilines is 1. The third-order valence-corrected chi connectivity index (χ3v) is 4.49. The number of hydrogen-bond donors (Lipinski definition) is 2. The van der Waals surface area contributed by atoms with E-state index in [1.165, 1.54) is 12.8 Å². The zero-order valence-corrected chi connectivity index (χ0v) is 12.2. The highest BCUT2D eigenvalue weighted by Gasteiger charge is 2.35. The molecule has 2 N–H and O–H groups in total. The molecule has 2 aromatic rings. The average Bonchev–Trinajstić information content (AvgIpc) is 3.14. The Hall–Kier alpha value is -1.95. The summed E-state index contributed by atoms with van der Waals surface area (Å²) in [5.74, 6) is 2.28. The molecule has 0 aromatic carbocycles. The molecule has 2 fully saturated rings. The number of pyridine rings is 1. The SMILES string of the molecule is Cc1cccc(-c2nc(N3CC4CCCNC4C3)n[nH]2)n1. The Labute approximate surface area is 124 Å². The van der Waals surface area contributed by atoms with Gasteiger partial charge in [0.1, 0.15) is 5.69 Å². The van der Waals surface area contributed by atoms with Crippen LogP contribution in [0.5, 0.6) is 0 Å². The second-order valence-electron chi connectivity index (χ2n) is 6.02. The number of hydrogen-bond acceptors (Lipinski definition) is 5. The van der Waals surface area contributed by atoms with E-state index >= 15 is 0 Å². The first-order chi connectivity index (χ1) is 10.3. The summed E-state index contributed by atoms with van der Waals surface area (Å²) in [6, 6.07) is 6.53. The summed E-state index contributed by atoms with van der Waals surface area (Å²) in [4.78, 5) is 11.4. The van der Waals surface area contributed by atoms with Crippen LogP contribution in [0, 0.1) is 12.8 Å². The first kappa shape index (κ1) is 12.8. The van der Waals surface area contributed by atoms with Gasteiger partial charge in [-0.3, -0.25) is 5.10 Å². The molecule has 0 amide bonds. The Balaban J connectivity index is 1.55. The van der Waals surface area contributed by atoms with Gasteiger partial charge >= 0.3 is 0 Å². The van der Waals surface area contributed by atoms with E-state index in [0.717, 1.165) is 48.7 Å². The van der Waals surface area contributed by atoms with E-state index in [-0.39, 0.29) is 0 Å². The Morgan fingerprint density at radius 3 is 3.05 bits per heavy atom. The maximum absolute atomic E-state index is 4.63. The van der Waals surface area contributed by atoms with Crippen LogP contribution >= 0.6 is 0 Å². The van der Waals surface area contributed by atoms with Crippen LogP contribution in [0.15, 0.2) is 18.2 Å². The van der Waals surface area contributed by atoms with Gasteiger partial charge in [0.25, 0.3) is 0 Å². The quantitative estimate of drug-likeness (QED) is 0.871. The van der Waals surface area contributed by atoms with Crippen LogP contribution < -0.4 is 10.2 Å². The number of aryl methyl sites for hydroxylation is 1. The molecule has 4 rings (SSSR count). The number of rotatable bonds is 2. The van der Waals surface area contributed by atoms with E-state index in [1.807, 2.05) is 25.1 Å². The summed E-state index contributed by atoms with van der Waals surface area (Å²) >= 11 is 0. The molecule has 110 valence electrons. The number of H-pyrrole nitrogens is 1. The number of fused-ring (bicyclic) bond motifs is 1. The van der Waals surface area contributed by atoms with E-state index in [0.29, 0.717) is 6.04 Å². The molecular weight excluding hydrogens is 264 g/mol. The number of nitrogens with one attached hydrogen (secondary N) is 2. The standard InChI is InChI=1S/C15H20N6/c1-10-4-2-6-12(17-10)14-18-15(20-19-14)21-8-11-5-3-7-16-13(11)9-21/h2,4,6,11,13,16H,3,5,7-9H2,1H3,(H,18,19,20). The predicted molar refractivity (Wildman–Crippen MR) is 81.1 cm³/mol. The lowest BCUT2D eigenvalue weighted by Gasteiger charge is -2.24. The van der Waals surface area contributed by atoms with Crippen molar-refractivity contribution >= 4 is 5.95 Å². The predicted octanol–water partition coefficient (Wildman–Crippen LogP) is 1.36. The Morgan fingerprint density at radius 1 is 1.24 bits per heavy atom. The maximum Gasteiger partial charge on any atom is 0.245 e. The maximum atomic E-state index is 4.63. The minimum Gasteiger partial charge on any atom is -0.338 e. The van der Waals surface area contributed by atoms with E-state index in [9.17, 15) is 0 Å². The van der Waals surface area contributed by atoms with Gasteiger partial charge in [-0.1, -0.05) is 6.07 Å². The molecule has 2 aliphatic heterocycles. The van der Waals surface area contributed by atoms with Gasteiger partial charge < -0.3 is 10.2 Å². The lowest BCUT2D eigenvalue weighted by atomic mass is 9.94. The highest BCUT2D eigenvalue weighted by Crippen LogP contribution is 2.27. The van der Waals surface area contributed by atoms with Gasteiger partial charge in [-0.2, -0.15) is 4.98 Å². The van der Waals surface area contributed by atoms with Gasteiger partial charge in [-0.25, -0.2) is 4.98 Å². The summed E-state index contributed by atoms with van der Waals surface area (Å²) in [5, 5.41) is 11.0. The summed E-state index contributed by atoms with van der Waals surface area (Å²) in [6.07, 6.45) is 2.59. The van der Waals surface area contributed by atoms with E-state index in [4.69, 9.17) is 0 Å². The molecule has 2 unspecified atom stereocenters. The Morgan fingerprint density at radius 2 is 2.19 bits per heavy atom. The van der Waals surface area contributed by atoms with Gasteiger partial charge in [0, 0.05) is 24.8 Å². The molecule has 4 heterocycles. The molecular formula is C15H20N6. The molecule has 6 nitrogen and oxygen atoms in total. The third kappa shape index (κ3) is 2.40. The van der Waals surface area contributed by atoms with E-state index in [1.54, 1.807) is 0 Å². The van der Waals surface area contributed by atoms with Crippen molar-refractivity contribution in [3.63, 3.8) is 0 Å². The lowest BCUT2D eigenvalue weighted by molar-refractivity contribution is 0.340. The third-order valence-electron chi connectivity index (χ3n) is 4.49. The number of aromatic nitrogens is 4. The molecule has 0 saturated carbocycles. The lowest BCUT2D eigenvalue weighted by Crippen LogP contribution is -2.40. The summed E-state index contributed by atoms with van der Waals surface area (Å²) in [7, 11) is 0. The largest absolute Gasteiger partial charge is 0.338 e. The van der Waals surface area contributed by atoms with Crippen LogP contribution in [0.1, 0.15) is 18.5 Å². The summed E-state index contributed by atoms with van der Waals surface area (Å²) in [6.45, 7) is 5.18. The summed E-state index contributed by atoms with van der Waals surface area (Å²) in [5.41, 5.74) is 1.84. The van der Waals surface area contributed by atoms with E-state index in [2.05, 4.69) is 30.4 Å². The average molecular weight is 284 g/mol. The molecule has 2 aliphatic rings. The van der Waals surface area contributed by atoms with Crippen molar-refractivity contribution in [2.45, 2.75) is 25.8 Å². The first-order valence-corrected chi connectivity index (χ1v) is 7.64. The zero-order valence-electron chi connectivity index (χ0n) is 12.2. The van der Waals surface area contributed by atoms with Crippen LogP contribution in [-0.2, 0) is 0 Å². The van der Waals surface area contributed by atoms with Crippen LogP contribution in [0.25, 0.3) is 11.5 Å². The molecule has 2 aromatic heterocycles. The van der Waals surface area contributed by atoms with Crippen molar-refractivity contribution in [2.75, 3.05) is 24.5 Å². The molecule has 2 atom stereocenters. The Kier molecular flexibility index (Phi) is 3.11. The summed E-state index contributed by atoms with van der Waals surface area (Å²) < 4.78 is 0. The highest BCUT2D eigenvalue weighted by atomic mass is 15.4. The fraction of sp³-hybridized carbons (Fsp3) is 0.533. The fourth-order valence-corrected chi connectivity index (χ4v) is 3.39. The van der Waals surface area contributed by atoms with Crippen LogP contribution in [0.2, 0.25) is 0 Å². The van der Waals surface area contributed by atoms with Crippen molar-refractivity contribution in [3.8, 4) is 11.5 Å². The van der Waals surface area contributed by atoms with Crippen LogP contribution in [0.3, 0.4) is 0 Å². The molecule has 0 spiro atoms. The molecule has 0 bridgehead atoms. The second kappa shape index (κ2) is 5.11. The monoisotopic (exact) mass is 284 g/mol. The van der Waals surface area contributed by atoms with Gasteiger partial charge in [0.05, 0.1) is 0 Å². The van der Waals surface area contributed by atoms with Crippen LogP contribution in [-0.4, -0.2) is 45.8 Å². The van der Waals surface area contributed by atoms with Crippen molar-refractivity contribution in [3.05, 3.63) is 23.9 Å². The normalized spacial score (nSPS) is 25.1. The second-order valence-corrected chi connectivity index (χ2v) is 6.02. The van der Waals surface area contributed by atoms with E-state index < -0.39 is 0 Å². The van der Waals surface area contributed by atoms with Gasteiger partial charge in [0.2, 0.25) is 5.95 Å². The van der Waals surface area contributed by atoms with Crippen molar-refractivity contribution < 1.29 is 0 Å². The smallest absolute Gasteiger partial charge is 0.245 e. The zero-order chi connectivity index (χ0) is 14.2. The highest BCUT2D eigenvalue weighted by molar-refractivity contribution is 5.51. The minimum absolute atomic E-state index is 0.595. The fourth-order valence-electron chi connectivity index (χ4n) is 3.39. The molecule has 0 aliphatic carbocycles. The number of nitrogens with zero attached hydrogens (tertiary/aromatic N) is 4.